The molecule has 228 valence electrons. The molecule has 0 bridgehead atoms. The number of hydrogen-bond donors (Lipinski definition) is 1. The van der Waals surface area contributed by atoms with Crippen molar-refractivity contribution in [3.05, 3.63) is 89.7 Å². The molecule has 1 saturated heterocycles. The summed E-state index contributed by atoms with van der Waals surface area (Å²) in [6.45, 7) is 7.89. The Hall–Kier alpha value is -4.65. The molecule has 9 nitrogen and oxygen atoms in total. The molecule has 44 heavy (non-hydrogen) atoms. The largest absolute Gasteiger partial charge is 0.573 e. The summed E-state index contributed by atoms with van der Waals surface area (Å²) in [5.41, 5.74) is 4.78. The van der Waals surface area contributed by atoms with Gasteiger partial charge in [0, 0.05) is 5.56 Å². The van der Waals surface area contributed by atoms with Gasteiger partial charge in [-0.25, -0.2) is 14.5 Å². The number of aryl methyl sites for hydroxylation is 1. The van der Waals surface area contributed by atoms with Gasteiger partial charge in [0.15, 0.2) is 11.0 Å². The number of nitrogens with zero attached hydrogens (tertiary/aromatic N) is 5. The third-order valence-corrected chi connectivity index (χ3v) is 7.77. The molecule has 5 rings (SSSR count). The highest BCUT2D eigenvalue weighted by atomic mass is 32.2. The van der Waals surface area contributed by atoms with Crippen molar-refractivity contribution in [2.45, 2.75) is 46.0 Å². The molecule has 1 aromatic heterocycles. The summed E-state index contributed by atoms with van der Waals surface area (Å²) in [6.07, 6.45) is -3.31. The lowest BCUT2D eigenvalue weighted by atomic mass is 9.99. The van der Waals surface area contributed by atoms with Crippen molar-refractivity contribution in [1.29, 1.82) is 0 Å². The third kappa shape index (κ3) is 7.10. The van der Waals surface area contributed by atoms with E-state index in [9.17, 15) is 22.8 Å². The van der Waals surface area contributed by atoms with Crippen LogP contribution < -0.4 is 15.0 Å². The number of alkyl halides is 3. The molecular weight excluding hydrogens is 593 g/mol. The molecule has 1 unspecified atom stereocenters. The number of urea groups is 1. The fourth-order valence-electron chi connectivity index (χ4n) is 4.65. The molecule has 0 aliphatic carbocycles. The van der Waals surface area contributed by atoms with Crippen molar-refractivity contribution in [1.82, 2.24) is 20.1 Å². The number of halogens is 3. The second-order valence-electron chi connectivity index (χ2n) is 10.5. The van der Waals surface area contributed by atoms with E-state index in [0.29, 0.717) is 22.2 Å². The molecular formula is C31H29F3N6O3S. The lowest BCUT2D eigenvalue weighted by molar-refractivity contribution is -0.274. The van der Waals surface area contributed by atoms with Gasteiger partial charge in [0.2, 0.25) is 5.91 Å². The second kappa shape index (κ2) is 12.5. The molecule has 1 aliphatic rings. The molecule has 4 aromatic rings. The summed E-state index contributed by atoms with van der Waals surface area (Å²) in [7, 11) is 0. The number of aliphatic imine (C=N–C) groups is 1. The van der Waals surface area contributed by atoms with Gasteiger partial charge in [-0.1, -0.05) is 62.0 Å². The zero-order valence-corrected chi connectivity index (χ0v) is 25.1. The van der Waals surface area contributed by atoms with E-state index in [0.717, 1.165) is 22.4 Å². The first kappa shape index (κ1) is 30.8. The number of anilines is 1. The average Bonchev–Trinajstić information content (AvgIpc) is 3.59. The number of benzene rings is 3. The van der Waals surface area contributed by atoms with Crippen LogP contribution in [0.5, 0.6) is 5.75 Å². The van der Waals surface area contributed by atoms with Gasteiger partial charge in [-0.3, -0.25) is 9.69 Å². The van der Waals surface area contributed by atoms with E-state index < -0.39 is 12.4 Å². The van der Waals surface area contributed by atoms with Gasteiger partial charge >= 0.3 is 12.4 Å². The monoisotopic (exact) mass is 622 g/mol. The average molecular weight is 623 g/mol. The van der Waals surface area contributed by atoms with Gasteiger partial charge in [0.25, 0.3) is 0 Å². The highest BCUT2D eigenvalue weighted by molar-refractivity contribution is 8.15. The number of carbonyl (C=O) groups is 2. The van der Waals surface area contributed by atoms with Crippen LogP contribution in [0.2, 0.25) is 0 Å². The van der Waals surface area contributed by atoms with E-state index in [1.54, 1.807) is 0 Å². The van der Waals surface area contributed by atoms with E-state index in [1.807, 2.05) is 56.3 Å². The number of thioether (sulfide) groups is 1. The minimum Gasteiger partial charge on any atom is -0.406 e. The maximum absolute atomic E-state index is 12.9. The van der Waals surface area contributed by atoms with E-state index in [2.05, 4.69) is 39.0 Å². The number of carbonyl (C=O) groups excluding carboxylic acids is 2. The maximum atomic E-state index is 12.9. The Labute approximate surface area is 256 Å². The molecule has 0 spiro atoms. The zero-order valence-electron chi connectivity index (χ0n) is 24.3. The Morgan fingerprint density at radius 1 is 1.05 bits per heavy atom. The van der Waals surface area contributed by atoms with Crippen LogP contribution in [0, 0.1) is 6.92 Å². The number of hydrogen-bond acceptors (Lipinski definition) is 6. The van der Waals surface area contributed by atoms with Crippen LogP contribution in [0.3, 0.4) is 0 Å². The fourth-order valence-corrected chi connectivity index (χ4v) is 5.50. The topological polar surface area (TPSA) is 102 Å². The number of aromatic nitrogens is 3. The second-order valence-corrected chi connectivity index (χ2v) is 11.4. The van der Waals surface area contributed by atoms with Crippen LogP contribution in [0.1, 0.15) is 49.4 Å². The highest BCUT2D eigenvalue weighted by Gasteiger charge is 2.33. The first-order chi connectivity index (χ1) is 20.9. The summed E-state index contributed by atoms with van der Waals surface area (Å²) < 4.78 is 42.6. The molecule has 1 N–H and O–H groups in total. The maximum Gasteiger partial charge on any atom is 0.573 e. The van der Waals surface area contributed by atoms with Gasteiger partial charge in [0.05, 0.1) is 23.2 Å². The van der Waals surface area contributed by atoms with Crippen molar-refractivity contribution in [2.75, 3.05) is 10.7 Å². The van der Waals surface area contributed by atoms with Gasteiger partial charge in [-0.15, -0.1) is 18.3 Å². The Bertz CT molecular complexity index is 1700. The number of nitrogens with one attached hydrogen (secondary N) is 1. The van der Waals surface area contributed by atoms with Gasteiger partial charge in [0.1, 0.15) is 12.1 Å². The molecule has 0 radical (unpaired) electrons. The van der Waals surface area contributed by atoms with Crippen LogP contribution in [0.25, 0.3) is 17.1 Å². The molecule has 3 aromatic carbocycles. The quantitative estimate of drug-likeness (QED) is 0.235. The first-order valence-corrected chi connectivity index (χ1v) is 14.7. The lowest BCUT2D eigenvalue weighted by Gasteiger charge is -2.22. The number of amides is 3. The van der Waals surface area contributed by atoms with Crippen LogP contribution in [0.4, 0.5) is 23.7 Å². The lowest BCUT2D eigenvalue weighted by Crippen LogP contribution is -2.32. The summed E-state index contributed by atoms with van der Waals surface area (Å²) in [5.74, 6) is 0.343. The first-order valence-electron chi connectivity index (χ1n) is 13.7. The van der Waals surface area contributed by atoms with Crippen LogP contribution in [-0.4, -0.2) is 44.0 Å². The van der Waals surface area contributed by atoms with Crippen LogP contribution in [-0.2, 0) is 4.79 Å². The fraction of sp³-hybridized carbons (Fsp3) is 0.258. The summed E-state index contributed by atoms with van der Waals surface area (Å²) in [4.78, 5) is 35.8. The Balaban J connectivity index is 1.25. The summed E-state index contributed by atoms with van der Waals surface area (Å²) in [5, 5.41) is 7.62. The smallest absolute Gasteiger partial charge is 0.406 e. The van der Waals surface area contributed by atoms with E-state index in [-0.39, 0.29) is 29.4 Å². The molecule has 13 heteroatoms. The molecule has 2 heterocycles. The number of ether oxygens (including phenoxy) is 1. The molecule has 1 aliphatic heterocycles. The van der Waals surface area contributed by atoms with Crippen molar-refractivity contribution < 1.29 is 27.5 Å². The van der Waals surface area contributed by atoms with E-state index in [1.165, 1.54) is 51.9 Å². The van der Waals surface area contributed by atoms with Crippen molar-refractivity contribution in [3.8, 4) is 22.8 Å². The zero-order chi connectivity index (χ0) is 31.6. The Kier molecular flexibility index (Phi) is 8.77. The normalized spacial score (nSPS) is 15.2. The highest BCUT2D eigenvalue weighted by Crippen LogP contribution is 2.34. The number of amidine groups is 1. The van der Waals surface area contributed by atoms with Crippen LogP contribution in [0.15, 0.2) is 78.0 Å². The molecule has 0 saturated carbocycles. The van der Waals surface area contributed by atoms with E-state index >= 15 is 0 Å². The Morgan fingerprint density at radius 3 is 2.41 bits per heavy atom. The number of rotatable bonds is 7. The van der Waals surface area contributed by atoms with Gasteiger partial charge in [-0.2, -0.15) is 4.99 Å². The van der Waals surface area contributed by atoms with Crippen molar-refractivity contribution in [3.63, 3.8) is 0 Å². The summed E-state index contributed by atoms with van der Waals surface area (Å²) >= 11 is 1.23. The molecule has 3 amide bonds. The SMILES string of the molecule is Cc1ccc(C(C)C)c(N2C(=O)CS/C2=N\C(=O)NC(C)c2ccc(-c3ncn(-c4ccc(OC(F)(F)F)cc4)n3)cc2)c1. The van der Waals surface area contributed by atoms with Crippen molar-refractivity contribution in [2.24, 2.45) is 4.99 Å². The predicted octanol–water partition coefficient (Wildman–Crippen LogP) is 7.17. The van der Waals surface area contributed by atoms with Gasteiger partial charge in [-0.05, 0) is 66.8 Å². The Morgan fingerprint density at radius 2 is 1.75 bits per heavy atom. The molecule has 1 atom stereocenters. The molecule has 1 fully saturated rings. The van der Waals surface area contributed by atoms with Crippen molar-refractivity contribution >= 4 is 34.6 Å². The van der Waals surface area contributed by atoms with Gasteiger partial charge < -0.3 is 10.1 Å². The minimum absolute atomic E-state index is 0.124. The van der Waals surface area contributed by atoms with Crippen LogP contribution >= 0.6 is 11.8 Å². The third-order valence-electron chi connectivity index (χ3n) is 6.85. The van der Waals surface area contributed by atoms with E-state index in [4.69, 9.17) is 0 Å². The summed E-state index contributed by atoms with van der Waals surface area (Å²) in [6, 6.07) is 17.6. The minimum atomic E-state index is -4.77. The predicted molar refractivity (Wildman–Crippen MR) is 163 cm³/mol. The standard InChI is InChI=1S/C31H29F3N6O3S/c1-18(2)25-14-5-19(3)15-26(25)40-27(41)16-44-30(40)37-29(42)36-20(4)21-6-8-22(9-7-21)28-35-17-39(38-28)23-10-12-24(13-11-23)43-31(32,33)34/h5-15,17-18,20H,16H2,1-4H3,(H,36,42)/b37-30-.